The Morgan fingerprint density at radius 2 is 2.14 bits per heavy atom. The molecule has 1 aromatic carbocycles. The molecule has 7 heteroatoms. The molecule has 0 saturated heterocycles. The molecule has 0 aliphatic carbocycles. The van der Waals surface area contributed by atoms with E-state index in [4.69, 9.17) is 22.1 Å². The van der Waals surface area contributed by atoms with Crippen LogP contribution in [0.25, 0.3) is 0 Å². The number of guanidine groups is 1. The van der Waals surface area contributed by atoms with E-state index in [9.17, 15) is 0 Å². The molecule has 0 bridgehead atoms. The number of nitrogens with two attached hydrogens (primary N) is 1. The molecular formula is C15H26ClIN4O. The lowest BCUT2D eigenvalue weighted by atomic mass is 10.3. The second kappa shape index (κ2) is 11.8. The van der Waals surface area contributed by atoms with Gasteiger partial charge < -0.3 is 20.7 Å². The Labute approximate surface area is 155 Å². The van der Waals surface area contributed by atoms with Crippen molar-refractivity contribution in [2.24, 2.45) is 10.7 Å². The normalized spacial score (nSPS) is 11.2. The molecule has 22 heavy (non-hydrogen) atoms. The van der Waals surface area contributed by atoms with E-state index < -0.39 is 0 Å². The van der Waals surface area contributed by atoms with Crippen molar-refractivity contribution >= 4 is 47.2 Å². The van der Waals surface area contributed by atoms with Gasteiger partial charge in [0.15, 0.2) is 5.96 Å². The minimum absolute atomic E-state index is 0. The third kappa shape index (κ3) is 8.05. The number of nitrogens with one attached hydrogen (secondary N) is 1. The van der Waals surface area contributed by atoms with Gasteiger partial charge in [-0.15, -0.1) is 24.0 Å². The molecule has 0 atom stereocenters. The molecular weight excluding hydrogens is 415 g/mol. The van der Waals surface area contributed by atoms with E-state index in [1.807, 2.05) is 6.07 Å². The topological polar surface area (TPSA) is 62.9 Å². The molecule has 126 valence electrons. The number of rotatable bonds is 8. The molecule has 3 N–H and O–H groups in total. The summed E-state index contributed by atoms with van der Waals surface area (Å²) in [6.45, 7) is 4.84. The summed E-state index contributed by atoms with van der Waals surface area (Å²) in [5.74, 6) is 1.02. The zero-order valence-electron chi connectivity index (χ0n) is 13.4. The number of benzene rings is 1. The number of unbranched alkanes of at least 4 members (excludes halogenated alkanes) is 1. The zero-order valence-corrected chi connectivity index (χ0v) is 16.5. The Bertz CT molecular complexity index is 471. The van der Waals surface area contributed by atoms with Gasteiger partial charge in [0.1, 0.15) is 5.75 Å². The van der Waals surface area contributed by atoms with Gasteiger partial charge >= 0.3 is 0 Å². The molecule has 1 rings (SSSR count). The zero-order chi connectivity index (χ0) is 15.7. The van der Waals surface area contributed by atoms with Crippen LogP contribution in [0.5, 0.6) is 5.75 Å². The first-order chi connectivity index (χ1) is 10.1. The molecule has 0 saturated carbocycles. The molecule has 0 unspecified atom stereocenters. The number of aliphatic imine (C=N–C) groups is 1. The van der Waals surface area contributed by atoms with Gasteiger partial charge in [-0.1, -0.05) is 24.9 Å². The van der Waals surface area contributed by atoms with Crippen LogP contribution in [0.15, 0.2) is 23.2 Å². The van der Waals surface area contributed by atoms with Gasteiger partial charge in [0.2, 0.25) is 0 Å². The number of nitrogens with zero attached hydrogens (tertiary/aromatic N) is 2. The summed E-state index contributed by atoms with van der Waals surface area (Å²) < 4.78 is 5.10. The average molecular weight is 441 g/mol. The van der Waals surface area contributed by atoms with Gasteiger partial charge in [-0.05, 0) is 38.2 Å². The second-order valence-corrected chi connectivity index (χ2v) is 5.31. The summed E-state index contributed by atoms with van der Waals surface area (Å²) in [5.41, 5.74) is 6.65. The van der Waals surface area contributed by atoms with E-state index in [0.717, 1.165) is 18.8 Å². The highest BCUT2D eigenvalue weighted by Crippen LogP contribution is 2.26. The number of hydrogen-bond donors (Lipinski definition) is 2. The first kappa shape index (κ1) is 21.3. The SMILES string of the molecule is CCCCN(C)CCN=C(N)Nc1ccc(OC)c(Cl)c1.I. The number of likely N-dealkylation sites (N-methyl/N-ethyl adjacent to an activating group) is 1. The van der Waals surface area contributed by atoms with E-state index in [2.05, 4.69) is 29.2 Å². The molecule has 0 radical (unpaired) electrons. The summed E-state index contributed by atoms with van der Waals surface area (Å²) in [6, 6.07) is 5.40. The fourth-order valence-corrected chi connectivity index (χ4v) is 2.07. The molecule has 0 fully saturated rings. The highest BCUT2D eigenvalue weighted by atomic mass is 127. The summed E-state index contributed by atoms with van der Waals surface area (Å²) in [5, 5.41) is 3.56. The van der Waals surface area contributed by atoms with Crippen LogP contribution in [0, 0.1) is 0 Å². The van der Waals surface area contributed by atoms with Crippen LogP contribution in [-0.2, 0) is 0 Å². The quantitative estimate of drug-likeness (QED) is 0.369. The number of ether oxygens (including phenoxy) is 1. The largest absolute Gasteiger partial charge is 0.495 e. The predicted molar refractivity (Wildman–Crippen MR) is 106 cm³/mol. The van der Waals surface area contributed by atoms with Crippen LogP contribution >= 0.6 is 35.6 Å². The summed E-state index contributed by atoms with van der Waals surface area (Å²) in [7, 11) is 3.68. The van der Waals surface area contributed by atoms with E-state index in [1.165, 1.54) is 12.8 Å². The Hall–Kier alpha value is -0.730. The van der Waals surface area contributed by atoms with Crippen LogP contribution in [0.2, 0.25) is 5.02 Å². The minimum Gasteiger partial charge on any atom is -0.495 e. The molecule has 5 nitrogen and oxygen atoms in total. The van der Waals surface area contributed by atoms with E-state index in [0.29, 0.717) is 23.3 Å². The lowest BCUT2D eigenvalue weighted by Crippen LogP contribution is -2.26. The Morgan fingerprint density at radius 1 is 1.41 bits per heavy atom. The fourth-order valence-electron chi connectivity index (χ4n) is 1.81. The van der Waals surface area contributed by atoms with Crippen LogP contribution in [0.4, 0.5) is 5.69 Å². The first-order valence-corrected chi connectivity index (χ1v) is 7.53. The average Bonchev–Trinajstić information content (AvgIpc) is 2.45. The summed E-state index contributed by atoms with van der Waals surface area (Å²) in [6.07, 6.45) is 2.41. The van der Waals surface area contributed by atoms with Crippen molar-refractivity contribution in [3.63, 3.8) is 0 Å². The van der Waals surface area contributed by atoms with Gasteiger partial charge in [0.05, 0.1) is 18.7 Å². The summed E-state index contributed by atoms with van der Waals surface area (Å²) in [4.78, 5) is 6.56. The Kier molecular flexibility index (Phi) is 11.4. The van der Waals surface area contributed by atoms with Crippen molar-refractivity contribution in [2.75, 3.05) is 39.1 Å². The molecule has 0 spiro atoms. The number of hydrogen-bond acceptors (Lipinski definition) is 3. The second-order valence-electron chi connectivity index (χ2n) is 4.90. The molecule has 0 heterocycles. The maximum absolute atomic E-state index is 6.06. The number of methoxy groups -OCH3 is 1. The Morgan fingerprint density at radius 3 is 2.73 bits per heavy atom. The van der Waals surface area contributed by atoms with Gasteiger partial charge in [-0.2, -0.15) is 0 Å². The van der Waals surface area contributed by atoms with Crippen molar-refractivity contribution in [1.82, 2.24) is 4.90 Å². The first-order valence-electron chi connectivity index (χ1n) is 7.15. The van der Waals surface area contributed by atoms with Crippen LogP contribution in [0.3, 0.4) is 0 Å². The van der Waals surface area contributed by atoms with Gasteiger partial charge in [-0.25, -0.2) is 0 Å². The Balaban J connectivity index is 0.00000441. The third-order valence-corrected chi connectivity index (χ3v) is 3.38. The van der Waals surface area contributed by atoms with Crippen molar-refractivity contribution < 1.29 is 4.74 Å². The maximum Gasteiger partial charge on any atom is 0.193 e. The fraction of sp³-hybridized carbons (Fsp3) is 0.533. The molecule has 0 aliphatic rings. The van der Waals surface area contributed by atoms with E-state index in [1.54, 1.807) is 19.2 Å². The van der Waals surface area contributed by atoms with Crippen molar-refractivity contribution in [3.05, 3.63) is 23.2 Å². The highest BCUT2D eigenvalue weighted by Gasteiger charge is 2.02. The lowest BCUT2D eigenvalue weighted by molar-refractivity contribution is 0.337. The van der Waals surface area contributed by atoms with Crippen molar-refractivity contribution in [3.8, 4) is 5.75 Å². The van der Waals surface area contributed by atoms with Gasteiger partial charge in [0.25, 0.3) is 0 Å². The van der Waals surface area contributed by atoms with Crippen molar-refractivity contribution in [2.45, 2.75) is 19.8 Å². The van der Waals surface area contributed by atoms with Gasteiger partial charge in [-0.3, -0.25) is 4.99 Å². The minimum atomic E-state index is 0. The third-order valence-electron chi connectivity index (χ3n) is 3.08. The standard InChI is InChI=1S/C15H25ClN4O.HI/c1-4-5-9-20(2)10-8-18-15(17)19-12-6-7-14(21-3)13(16)11-12;/h6-7,11H,4-5,8-10H2,1-3H3,(H3,17,18,19);1H. The van der Waals surface area contributed by atoms with Crippen LogP contribution < -0.4 is 15.8 Å². The lowest BCUT2D eigenvalue weighted by Gasteiger charge is -2.14. The van der Waals surface area contributed by atoms with Gasteiger partial charge in [0, 0.05) is 12.2 Å². The monoisotopic (exact) mass is 440 g/mol. The molecule has 0 aromatic heterocycles. The highest BCUT2D eigenvalue weighted by molar-refractivity contribution is 14.0. The van der Waals surface area contributed by atoms with Crippen LogP contribution in [0.1, 0.15) is 19.8 Å². The van der Waals surface area contributed by atoms with Crippen LogP contribution in [-0.4, -0.2) is 44.7 Å². The predicted octanol–water partition coefficient (Wildman–Crippen LogP) is 3.43. The number of anilines is 1. The maximum atomic E-state index is 6.06. The van der Waals surface area contributed by atoms with Crippen molar-refractivity contribution in [1.29, 1.82) is 0 Å². The summed E-state index contributed by atoms with van der Waals surface area (Å²) >= 11 is 6.06. The molecule has 0 aliphatic heterocycles. The molecule has 1 aromatic rings. The smallest absolute Gasteiger partial charge is 0.193 e. The van der Waals surface area contributed by atoms with E-state index in [-0.39, 0.29) is 24.0 Å². The molecule has 0 amide bonds. The van der Waals surface area contributed by atoms with E-state index >= 15 is 0 Å². The number of halogens is 2.